The Bertz CT molecular complexity index is 697. The zero-order valence-electron chi connectivity index (χ0n) is 14.0. The Hall–Kier alpha value is -3.32. The number of hydrogen-bond donors (Lipinski definition) is 4. The standard InChI is InChI=1S/C9H12N2O2.C9H10N2O/c1-13-6-9(12)11-8-4-2-7(10)3-5-8;1-2-9(12)11-8-5-3-7(10)4-6-8/h2-5H,6,10H2,1H3,(H,11,12);2-6H,1,10H2,(H,11,12). The minimum absolute atomic E-state index is 0.0599. The number of methoxy groups -OCH3 is 1. The lowest BCUT2D eigenvalue weighted by Crippen LogP contribution is -2.16. The van der Waals surface area contributed by atoms with Crippen molar-refractivity contribution in [3.8, 4) is 0 Å². The van der Waals surface area contributed by atoms with Crippen LogP contribution in [0.4, 0.5) is 22.7 Å². The Balaban J connectivity index is 0.000000251. The minimum Gasteiger partial charge on any atom is -0.399 e. The van der Waals surface area contributed by atoms with Crippen LogP contribution in [0.1, 0.15) is 0 Å². The van der Waals surface area contributed by atoms with Crippen molar-refractivity contribution in [1.29, 1.82) is 0 Å². The fourth-order valence-corrected chi connectivity index (χ4v) is 1.65. The molecule has 2 aromatic rings. The highest BCUT2D eigenvalue weighted by Crippen LogP contribution is 2.10. The Morgan fingerprint density at radius 1 is 0.960 bits per heavy atom. The molecule has 0 aliphatic rings. The highest BCUT2D eigenvalue weighted by molar-refractivity contribution is 5.98. The molecular weight excluding hydrogens is 320 g/mol. The summed E-state index contributed by atoms with van der Waals surface area (Å²) in [4.78, 5) is 21.8. The molecule has 132 valence electrons. The molecule has 0 fully saturated rings. The average Bonchev–Trinajstić information content (AvgIpc) is 2.60. The molecule has 0 unspecified atom stereocenters. The minimum atomic E-state index is -0.222. The van der Waals surface area contributed by atoms with E-state index >= 15 is 0 Å². The number of nitrogens with one attached hydrogen (secondary N) is 2. The van der Waals surface area contributed by atoms with Crippen molar-refractivity contribution in [2.45, 2.75) is 0 Å². The maximum absolute atomic E-state index is 11.0. The summed E-state index contributed by atoms with van der Waals surface area (Å²) in [6.07, 6.45) is 1.22. The molecule has 0 spiro atoms. The second kappa shape index (κ2) is 10.5. The van der Waals surface area contributed by atoms with E-state index < -0.39 is 0 Å². The number of anilines is 4. The number of amides is 2. The van der Waals surface area contributed by atoms with Gasteiger partial charge in [-0.15, -0.1) is 0 Å². The molecule has 7 nitrogen and oxygen atoms in total. The predicted molar refractivity (Wildman–Crippen MR) is 101 cm³/mol. The fourth-order valence-electron chi connectivity index (χ4n) is 1.65. The van der Waals surface area contributed by atoms with Gasteiger partial charge in [-0.2, -0.15) is 0 Å². The summed E-state index contributed by atoms with van der Waals surface area (Å²) in [7, 11) is 1.47. The summed E-state index contributed by atoms with van der Waals surface area (Å²) < 4.78 is 4.66. The van der Waals surface area contributed by atoms with Gasteiger partial charge in [0.25, 0.3) is 0 Å². The highest BCUT2D eigenvalue weighted by atomic mass is 16.5. The van der Waals surface area contributed by atoms with Crippen molar-refractivity contribution in [2.24, 2.45) is 0 Å². The molecule has 2 aromatic carbocycles. The van der Waals surface area contributed by atoms with Crippen LogP contribution in [0.2, 0.25) is 0 Å². The molecule has 2 rings (SSSR count). The van der Waals surface area contributed by atoms with Crippen LogP contribution in [0.15, 0.2) is 61.2 Å². The molecule has 0 aliphatic heterocycles. The van der Waals surface area contributed by atoms with E-state index in [0.717, 1.165) is 5.69 Å². The van der Waals surface area contributed by atoms with Gasteiger partial charge in [0.05, 0.1) is 0 Å². The summed E-state index contributed by atoms with van der Waals surface area (Å²) in [5, 5.41) is 5.26. The van der Waals surface area contributed by atoms with Gasteiger partial charge in [0.15, 0.2) is 0 Å². The van der Waals surface area contributed by atoms with E-state index in [9.17, 15) is 9.59 Å². The van der Waals surface area contributed by atoms with Gasteiger partial charge < -0.3 is 26.8 Å². The quantitative estimate of drug-likeness (QED) is 0.491. The fraction of sp³-hybridized carbons (Fsp3) is 0.111. The first kappa shape index (κ1) is 19.7. The van der Waals surface area contributed by atoms with Crippen molar-refractivity contribution in [3.05, 3.63) is 61.2 Å². The number of rotatable bonds is 5. The number of ether oxygens (including phenoxy) is 1. The third kappa shape index (κ3) is 8.19. The van der Waals surface area contributed by atoms with Crippen LogP contribution >= 0.6 is 0 Å². The molecule has 0 bridgehead atoms. The van der Waals surface area contributed by atoms with Gasteiger partial charge in [0.2, 0.25) is 11.8 Å². The van der Waals surface area contributed by atoms with Crippen LogP contribution in [-0.4, -0.2) is 25.5 Å². The van der Waals surface area contributed by atoms with Gasteiger partial charge in [0.1, 0.15) is 6.61 Å². The van der Waals surface area contributed by atoms with Crippen LogP contribution in [0.3, 0.4) is 0 Å². The van der Waals surface area contributed by atoms with Crippen LogP contribution in [0.25, 0.3) is 0 Å². The second-order valence-electron chi connectivity index (χ2n) is 4.92. The number of carbonyl (C=O) groups is 2. The summed E-state index contributed by atoms with van der Waals surface area (Å²) in [5.74, 6) is -0.396. The first-order chi connectivity index (χ1) is 11.9. The third-order valence-electron chi connectivity index (χ3n) is 2.83. The van der Waals surface area contributed by atoms with Crippen LogP contribution in [0, 0.1) is 0 Å². The molecule has 0 radical (unpaired) electrons. The first-order valence-corrected chi connectivity index (χ1v) is 7.38. The van der Waals surface area contributed by atoms with Gasteiger partial charge in [-0.3, -0.25) is 9.59 Å². The maximum Gasteiger partial charge on any atom is 0.250 e. The lowest BCUT2D eigenvalue weighted by molar-refractivity contribution is -0.119. The molecule has 6 N–H and O–H groups in total. The smallest absolute Gasteiger partial charge is 0.250 e. The molecule has 0 aromatic heterocycles. The van der Waals surface area contributed by atoms with Crippen molar-refractivity contribution in [2.75, 3.05) is 35.8 Å². The monoisotopic (exact) mass is 342 g/mol. The van der Waals surface area contributed by atoms with E-state index in [1.54, 1.807) is 48.5 Å². The maximum atomic E-state index is 11.0. The predicted octanol–water partition coefficient (Wildman–Crippen LogP) is 2.25. The van der Waals surface area contributed by atoms with E-state index in [2.05, 4.69) is 21.9 Å². The van der Waals surface area contributed by atoms with E-state index in [1.807, 2.05) is 0 Å². The Labute approximate surface area is 146 Å². The normalized spacial score (nSPS) is 9.32. The van der Waals surface area contributed by atoms with Gasteiger partial charge in [-0.05, 0) is 54.6 Å². The number of nitrogen functional groups attached to an aromatic ring is 2. The second-order valence-corrected chi connectivity index (χ2v) is 4.92. The van der Waals surface area contributed by atoms with E-state index in [0.29, 0.717) is 17.1 Å². The number of benzene rings is 2. The van der Waals surface area contributed by atoms with E-state index in [-0.39, 0.29) is 18.4 Å². The summed E-state index contributed by atoms with van der Waals surface area (Å²) in [6, 6.07) is 13.8. The van der Waals surface area contributed by atoms with Gasteiger partial charge in [-0.25, -0.2) is 0 Å². The summed E-state index contributed by atoms with van der Waals surface area (Å²) in [6.45, 7) is 3.40. The Kier molecular flexibility index (Phi) is 8.25. The van der Waals surface area contributed by atoms with E-state index in [4.69, 9.17) is 11.5 Å². The Morgan fingerprint density at radius 3 is 1.80 bits per heavy atom. The van der Waals surface area contributed by atoms with Crippen molar-refractivity contribution < 1.29 is 14.3 Å². The van der Waals surface area contributed by atoms with Crippen LogP contribution in [0.5, 0.6) is 0 Å². The van der Waals surface area contributed by atoms with Crippen molar-refractivity contribution in [3.63, 3.8) is 0 Å². The topological polar surface area (TPSA) is 119 Å². The third-order valence-corrected chi connectivity index (χ3v) is 2.83. The van der Waals surface area contributed by atoms with Crippen LogP contribution in [-0.2, 0) is 14.3 Å². The molecule has 0 atom stereocenters. The SMILES string of the molecule is C=CC(=O)Nc1ccc(N)cc1.COCC(=O)Nc1ccc(N)cc1. The zero-order valence-corrected chi connectivity index (χ0v) is 14.0. The number of hydrogen-bond acceptors (Lipinski definition) is 5. The molecule has 0 aliphatic carbocycles. The molecule has 7 heteroatoms. The van der Waals surface area contributed by atoms with Gasteiger partial charge >= 0.3 is 0 Å². The molecule has 0 heterocycles. The Morgan fingerprint density at radius 2 is 1.40 bits per heavy atom. The number of carbonyl (C=O) groups excluding carboxylic acids is 2. The van der Waals surface area contributed by atoms with Gasteiger partial charge in [-0.1, -0.05) is 6.58 Å². The summed E-state index contributed by atoms with van der Waals surface area (Å²) >= 11 is 0. The summed E-state index contributed by atoms with van der Waals surface area (Å²) in [5.41, 5.74) is 13.7. The molecular formula is C18H22N4O3. The molecule has 25 heavy (non-hydrogen) atoms. The first-order valence-electron chi connectivity index (χ1n) is 7.38. The van der Waals surface area contributed by atoms with Crippen molar-refractivity contribution in [1.82, 2.24) is 0 Å². The molecule has 0 saturated heterocycles. The molecule has 2 amide bonds. The lowest BCUT2D eigenvalue weighted by Gasteiger charge is -2.03. The zero-order chi connectivity index (χ0) is 18.7. The van der Waals surface area contributed by atoms with Crippen molar-refractivity contribution >= 4 is 34.6 Å². The average molecular weight is 342 g/mol. The van der Waals surface area contributed by atoms with Gasteiger partial charge in [0, 0.05) is 29.9 Å². The van der Waals surface area contributed by atoms with Crippen LogP contribution < -0.4 is 22.1 Å². The highest BCUT2D eigenvalue weighted by Gasteiger charge is 1.99. The largest absolute Gasteiger partial charge is 0.399 e. The lowest BCUT2D eigenvalue weighted by atomic mass is 10.3. The number of nitrogens with two attached hydrogens (primary N) is 2. The van der Waals surface area contributed by atoms with E-state index in [1.165, 1.54) is 13.2 Å². The molecule has 0 saturated carbocycles.